The van der Waals surface area contributed by atoms with E-state index in [9.17, 15) is 8.42 Å². The van der Waals surface area contributed by atoms with Crippen molar-refractivity contribution in [3.8, 4) is 0 Å². The molecule has 1 N–H and O–H groups in total. The van der Waals surface area contributed by atoms with Gasteiger partial charge in [0, 0.05) is 21.4 Å². The quantitative estimate of drug-likeness (QED) is 0.650. The van der Waals surface area contributed by atoms with Gasteiger partial charge in [-0.3, -0.25) is 0 Å². The summed E-state index contributed by atoms with van der Waals surface area (Å²) in [6.07, 6.45) is 5.42. The predicted molar refractivity (Wildman–Crippen MR) is 93.3 cm³/mol. The number of halogens is 3. The van der Waals surface area contributed by atoms with Crippen molar-refractivity contribution in [1.29, 1.82) is 0 Å². The highest BCUT2D eigenvalue weighted by atomic mass is 79.9. The maximum Gasteiger partial charge on any atom is 0.241 e. The zero-order chi connectivity index (χ0) is 15.5. The molecule has 0 amide bonds. The topological polar surface area (TPSA) is 46.2 Å². The van der Waals surface area contributed by atoms with Gasteiger partial charge in [0.25, 0.3) is 0 Å². The molecule has 3 nitrogen and oxygen atoms in total. The van der Waals surface area contributed by atoms with Crippen LogP contribution >= 0.6 is 43.5 Å². The summed E-state index contributed by atoms with van der Waals surface area (Å²) in [5.74, 6) is 0.495. The van der Waals surface area contributed by atoms with Crippen LogP contribution in [0.1, 0.15) is 32.1 Å². The van der Waals surface area contributed by atoms with Gasteiger partial charge in [-0.05, 0) is 52.4 Å². The van der Waals surface area contributed by atoms with Crippen molar-refractivity contribution in [3.05, 3.63) is 27.1 Å². The van der Waals surface area contributed by atoms with E-state index in [4.69, 9.17) is 11.6 Å². The van der Waals surface area contributed by atoms with Crippen LogP contribution in [-0.2, 0) is 10.0 Å². The Bertz CT molecular complexity index is 601. The van der Waals surface area contributed by atoms with E-state index in [0.29, 0.717) is 16.9 Å². The number of hydrogen-bond acceptors (Lipinski definition) is 2. The Labute approximate surface area is 148 Å². The smallest absolute Gasteiger partial charge is 0.211 e. The SMILES string of the molecule is O=S(=O)(NCC1(CCl)CCCCC1)c1cc(Br)ccc1Br. The molecule has 1 aromatic carbocycles. The van der Waals surface area contributed by atoms with E-state index in [1.807, 2.05) is 0 Å². The molecule has 0 atom stereocenters. The number of alkyl halides is 1. The standard InChI is InChI=1S/C14H18Br2ClNO2S/c15-11-4-5-12(16)13(8-11)21(19,20)18-10-14(9-17)6-2-1-3-7-14/h4-5,8,18H,1-3,6-7,9-10H2. The molecule has 7 heteroatoms. The van der Waals surface area contributed by atoms with Crippen molar-refractivity contribution >= 4 is 53.5 Å². The minimum Gasteiger partial charge on any atom is -0.211 e. The molecule has 0 spiro atoms. The van der Waals surface area contributed by atoms with Crippen LogP contribution in [0.3, 0.4) is 0 Å². The summed E-state index contributed by atoms with van der Waals surface area (Å²) in [7, 11) is -3.55. The third kappa shape index (κ3) is 4.44. The van der Waals surface area contributed by atoms with Gasteiger partial charge in [0.1, 0.15) is 0 Å². The first-order chi connectivity index (χ1) is 9.88. The molecule has 118 valence electrons. The molecule has 0 saturated heterocycles. The first kappa shape index (κ1) is 17.7. The third-order valence-electron chi connectivity index (χ3n) is 4.02. The fourth-order valence-corrected chi connectivity index (χ4v) is 5.69. The monoisotopic (exact) mass is 457 g/mol. The molecule has 0 bridgehead atoms. The van der Waals surface area contributed by atoms with Crippen molar-refractivity contribution in [2.45, 2.75) is 37.0 Å². The largest absolute Gasteiger partial charge is 0.241 e. The normalized spacial score (nSPS) is 18.6. The first-order valence-electron chi connectivity index (χ1n) is 6.89. The molecule has 21 heavy (non-hydrogen) atoms. The lowest BCUT2D eigenvalue weighted by Crippen LogP contribution is -2.40. The van der Waals surface area contributed by atoms with E-state index < -0.39 is 10.0 Å². The third-order valence-corrected chi connectivity index (χ3v) is 7.47. The molecule has 2 rings (SSSR count). The van der Waals surface area contributed by atoms with Gasteiger partial charge in [-0.25, -0.2) is 13.1 Å². The molecule has 1 fully saturated rings. The molecule has 0 aromatic heterocycles. The van der Waals surface area contributed by atoms with Crippen LogP contribution in [0.5, 0.6) is 0 Å². The van der Waals surface area contributed by atoms with Gasteiger partial charge in [-0.1, -0.05) is 35.2 Å². The van der Waals surface area contributed by atoms with Gasteiger partial charge in [-0.15, -0.1) is 11.6 Å². The lowest BCUT2D eigenvalue weighted by Gasteiger charge is -2.35. The maximum atomic E-state index is 12.5. The Morgan fingerprint density at radius 1 is 1.19 bits per heavy atom. The first-order valence-corrected chi connectivity index (χ1v) is 10.5. The van der Waals surface area contributed by atoms with Crippen molar-refractivity contribution in [2.24, 2.45) is 5.41 Å². The van der Waals surface area contributed by atoms with E-state index in [1.165, 1.54) is 6.42 Å². The van der Waals surface area contributed by atoms with Crippen molar-refractivity contribution in [3.63, 3.8) is 0 Å². The summed E-state index contributed by atoms with van der Waals surface area (Å²) >= 11 is 12.7. The van der Waals surface area contributed by atoms with Crippen molar-refractivity contribution < 1.29 is 8.42 Å². The number of sulfonamides is 1. The zero-order valence-corrected chi connectivity index (χ0v) is 16.3. The summed E-state index contributed by atoms with van der Waals surface area (Å²) in [4.78, 5) is 0.248. The van der Waals surface area contributed by atoms with Crippen LogP contribution in [0.25, 0.3) is 0 Å². The van der Waals surface area contributed by atoms with Crippen LogP contribution in [0.4, 0.5) is 0 Å². The summed E-state index contributed by atoms with van der Waals surface area (Å²) in [5.41, 5.74) is -0.106. The predicted octanol–water partition coefficient (Wildman–Crippen LogP) is 4.68. The minimum atomic E-state index is -3.55. The van der Waals surface area contributed by atoms with Gasteiger partial charge in [0.2, 0.25) is 10.0 Å². The van der Waals surface area contributed by atoms with E-state index in [2.05, 4.69) is 36.6 Å². The second kappa shape index (κ2) is 7.30. The average Bonchev–Trinajstić information content (AvgIpc) is 2.49. The Morgan fingerprint density at radius 3 is 2.48 bits per heavy atom. The van der Waals surface area contributed by atoms with Gasteiger partial charge in [0.15, 0.2) is 0 Å². The molecule has 1 aliphatic carbocycles. The van der Waals surface area contributed by atoms with Crippen LogP contribution < -0.4 is 4.72 Å². The lowest BCUT2D eigenvalue weighted by atomic mass is 9.76. The van der Waals surface area contributed by atoms with E-state index in [-0.39, 0.29) is 10.3 Å². The van der Waals surface area contributed by atoms with Crippen molar-refractivity contribution in [1.82, 2.24) is 4.72 Å². The van der Waals surface area contributed by atoms with Gasteiger partial charge >= 0.3 is 0 Å². The van der Waals surface area contributed by atoms with Gasteiger partial charge in [0.05, 0.1) is 4.90 Å². The van der Waals surface area contributed by atoms with Crippen molar-refractivity contribution in [2.75, 3.05) is 12.4 Å². The van der Waals surface area contributed by atoms with E-state index in [0.717, 1.165) is 30.2 Å². The fraction of sp³-hybridized carbons (Fsp3) is 0.571. The van der Waals surface area contributed by atoms with Crippen LogP contribution in [-0.4, -0.2) is 20.8 Å². The average molecular weight is 460 g/mol. The maximum absolute atomic E-state index is 12.5. The Hall–Kier alpha value is 0.380. The number of rotatable bonds is 5. The minimum absolute atomic E-state index is 0.106. The fourth-order valence-electron chi connectivity index (χ4n) is 2.67. The second-order valence-electron chi connectivity index (χ2n) is 5.59. The van der Waals surface area contributed by atoms with E-state index >= 15 is 0 Å². The lowest BCUT2D eigenvalue weighted by molar-refractivity contribution is 0.223. The zero-order valence-electron chi connectivity index (χ0n) is 11.5. The highest BCUT2D eigenvalue weighted by Crippen LogP contribution is 2.37. The molecule has 0 unspecified atom stereocenters. The molecule has 0 radical (unpaired) electrons. The van der Waals surface area contributed by atoms with Crippen LogP contribution in [0, 0.1) is 5.41 Å². The highest BCUT2D eigenvalue weighted by molar-refractivity contribution is 9.11. The molecule has 1 aromatic rings. The molecule has 1 aliphatic rings. The molecular weight excluding hydrogens is 441 g/mol. The summed E-state index contributed by atoms with van der Waals surface area (Å²) in [5, 5.41) is 0. The van der Waals surface area contributed by atoms with Crippen LogP contribution in [0.15, 0.2) is 32.0 Å². The summed E-state index contributed by atoms with van der Waals surface area (Å²) in [6, 6.07) is 5.11. The van der Waals surface area contributed by atoms with Gasteiger partial charge < -0.3 is 0 Å². The Balaban J connectivity index is 2.15. The summed E-state index contributed by atoms with van der Waals surface area (Å²) in [6.45, 7) is 0.401. The molecule has 1 saturated carbocycles. The number of nitrogens with one attached hydrogen (secondary N) is 1. The number of hydrogen-bond donors (Lipinski definition) is 1. The Morgan fingerprint density at radius 2 is 1.86 bits per heavy atom. The van der Waals surface area contributed by atoms with E-state index in [1.54, 1.807) is 18.2 Å². The molecular formula is C14H18Br2ClNO2S. The van der Waals surface area contributed by atoms with Gasteiger partial charge in [-0.2, -0.15) is 0 Å². The summed E-state index contributed by atoms with van der Waals surface area (Å²) < 4.78 is 29.0. The molecule has 0 aliphatic heterocycles. The number of benzene rings is 1. The Kier molecular flexibility index (Phi) is 6.16. The molecule has 0 heterocycles. The second-order valence-corrected chi connectivity index (χ2v) is 9.37. The highest BCUT2D eigenvalue weighted by Gasteiger charge is 2.33. The van der Waals surface area contributed by atoms with Crippen LogP contribution in [0.2, 0.25) is 0 Å².